The highest BCUT2D eigenvalue weighted by Crippen LogP contribution is 2.17. The number of fused-ring (bicyclic) bond motifs is 1. The molecule has 82 valence electrons. The summed E-state index contributed by atoms with van der Waals surface area (Å²) in [5.74, 6) is 0. The van der Waals surface area contributed by atoms with E-state index in [0.717, 1.165) is 5.39 Å². The zero-order valence-corrected chi connectivity index (χ0v) is 8.52. The standard InChI is InChI=1S/C11H9NO4/c1-15-11(14)12-8-3-4-9-7(6-8)2-5-10(13)16-9/h2-6H,1H3,(H,12,14). The van der Waals surface area contributed by atoms with E-state index in [2.05, 4.69) is 10.1 Å². The Morgan fingerprint density at radius 3 is 2.88 bits per heavy atom. The number of hydrogen-bond donors (Lipinski definition) is 1. The van der Waals surface area contributed by atoms with Crippen LogP contribution in [0.25, 0.3) is 11.0 Å². The van der Waals surface area contributed by atoms with Gasteiger partial charge in [0.1, 0.15) is 5.58 Å². The smallest absolute Gasteiger partial charge is 0.411 e. The van der Waals surface area contributed by atoms with Gasteiger partial charge in [-0.05, 0) is 24.3 Å². The summed E-state index contributed by atoms with van der Waals surface area (Å²) in [6.07, 6.45) is -0.545. The fraction of sp³-hybridized carbons (Fsp3) is 0.0909. The van der Waals surface area contributed by atoms with Crippen LogP contribution in [-0.2, 0) is 4.74 Å². The molecule has 0 aliphatic carbocycles. The summed E-state index contributed by atoms with van der Waals surface area (Å²) in [6, 6.07) is 7.88. The molecule has 0 atom stereocenters. The highest BCUT2D eigenvalue weighted by molar-refractivity contribution is 5.89. The van der Waals surface area contributed by atoms with Crippen molar-refractivity contribution in [1.29, 1.82) is 0 Å². The van der Waals surface area contributed by atoms with E-state index in [9.17, 15) is 9.59 Å². The highest BCUT2D eigenvalue weighted by Gasteiger charge is 2.02. The maximum absolute atomic E-state index is 11.0. The third-order valence-electron chi connectivity index (χ3n) is 2.05. The Bertz CT molecular complexity index is 588. The quantitative estimate of drug-likeness (QED) is 0.744. The molecule has 0 saturated heterocycles. The summed E-state index contributed by atoms with van der Waals surface area (Å²) < 4.78 is 9.41. The van der Waals surface area contributed by atoms with Crippen molar-refractivity contribution in [2.75, 3.05) is 12.4 Å². The van der Waals surface area contributed by atoms with E-state index in [4.69, 9.17) is 4.42 Å². The molecule has 0 aliphatic heterocycles. The van der Waals surface area contributed by atoms with Gasteiger partial charge in [0.2, 0.25) is 0 Å². The van der Waals surface area contributed by atoms with Gasteiger partial charge >= 0.3 is 11.7 Å². The van der Waals surface area contributed by atoms with Crippen LogP contribution < -0.4 is 10.9 Å². The molecule has 5 nitrogen and oxygen atoms in total. The molecule has 1 N–H and O–H groups in total. The SMILES string of the molecule is COC(=O)Nc1ccc2oc(=O)ccc2c1. The first-order valence-corrected chi connectivity index (χ1v) is 4.58. The average Bonchev–Trinajstić information content (AvgIpc) is 2.29. The van der Waals surface area contributed by atoms with Crippen LogP contribution in [0, 0.1) is 0 Å². The number of carbonyl (C=O) groups is 1. The van der Waals surface area contributed by atoms with Gasteiger partial charge in [0.25, 0.3) is 0 Å². The molecule has 0 bridgehead atoms. The van der Waals surface area contributed by atoms with Crippen molar-refractivity contribution in [3.8, 4) is 0 Å². The Morgan fingerprint density at radius 2 is 2.12 bits per heavy atom. The zero-order valence-electron chi connectivity index (χ0n) is 8.52. The van der Waals surface area contributed by atoms with Gasteiger partial charge in [0.15, 0.2) is 0 Å². The number of anilines is 1. The molecule has 1 aromatic carbocycles. The number of carbonyl (C=O) groups excluding carboxylic acids is 1. The molecule has 1 aromatic heterocycles. The van der Waals surface area contributed by atoms with Crippen LogP contribution in [0.15, 0.2) is 39.5 Å². The second-order valence-corrected chi connectivity index (χ2v) is 3.12. The molecule has 0 saturated carbocycles. The van der Waals surface area contributed by atoms with Crippen molar-refractivity contribution in [2.45, 2.75) is 0 Å². The van der Waals surface area contributed by atoms with Crippen molar-refractivity contribution < 1.29 is 13.9 Å². The van der Waals surface area contributed by atoms with Gasteiger partial charge in [0, 0.05) is 17.1 Å². The van der Waals surface area contributed by atoms with Crippen LogP contribution in [0.2, 0.25) is 0 Å². The van der Waals surface area contributed by atoms with Crippen molar-refractivity contribution in [1.82, 2.24) is 0 Å². The van der Waals surface area contributed by atoms with Gasteiger partial charge in [-0.2, -0.15) is 0 Å². The van der Waals surface area contributed by atoms with Gasteiger partial charge in [0.05, 0.1) is 7.11 Å². The van der Waals surface area contributed by atoms with Crippen LogP contribution in [0.1, 0.15) is 0 Å². The van der Waals surface area contributed by atoms with Crippen LogP contribution in [0.5, 0.6) is 0 Å². The van der Waals surface area contributed by atoms with E-state index in [1.807, 2.05) is 0 Å². The van der Waals surface area contributed by atoms with Gasteiger partial charge in [-0.15, -0.1) is 0 Å². The Hall–Kier alpha value is -2.30. The molecule has 16 heavy (non-hydrogen) atoms. The lowest BCUT2D eigenvalue weighted by atomic mass is 10.2. The Balaban J connectivity index is 2.40. The molecule has 0 radical (unpaired) electrons. The minimum Gasteiger partial charge on any atom is -0.453 e. The Labute approximate surface area is 90.6 Å². The van der Waals surface area contributed by atoms with Gasteiger partial charge in [-0.3, -0.25) is 5.32 Å². The van der Waals surface area contributed by atoms with E-state index in [-0.39, 0.29) is 0 Å². The van der Waals surface area contributed by atoms with E-state index >= 15 is 0 Å². The first-order valence-electron chi connectivity index (χ1n) is 4.58. The number of ether oxygens (including phenoxy) is 1. The second kappa shape index (κ2) is 4.06. The molecule has 0 spiro atoms. The van der Waals surface area contributed by atoms with Crippen molar-refractivity contribution in [3.05, 3.63) is 40.8 Å². The Kier molecular flexibility index (Phi) is 2.59. The van der Waals surface area contributed by atoms with Crippen LogP contribution in [0.4, 0.5) is 10.5 Å². The number of rotatable bonds is 1. The summed E-state index contributed by atoms with van der Waals surface area (Å²) in [6.45, 7) is 0. The van der Waals surface area contributed by atoms with E-state index in [1.54, 1.807) is 24.3 Å². The number of methoxy groups -OCH3 is 1. The summed E-state index contributed by atoms with van der Waals surface area (Å²) in [5, 5.41) is 3.25. The molecule has 0 unspecified atom stereocenters. The molecule has 1 heterocycles. The Morgan fingerprint density at radius 1 is 1.31 bits per heavy atom. The first kappa shape index (κ1) is 10.2. The monoisotopic (exact) mass is 219 g/mol. The van der Waals surface area contributed by atoms with Crippen LogP contribution >= 0.6 is 0 Å². The normalized spacial score (nSPS) is 10.1. The average molecular weight is 219 g/mol. The van der Waals surface area contributed by atoms with Crippen LogP contribution in [0.3, 0.4) is 0 Å². The molecule has 2 aromatic rings. The van der Waals surface area contributed by atoms with Crippen LogP contribution in [-0.4, -0.2) is 13.2 Å². The summed E-state index contributed by atoms with van der Waals surface area (Å²) in [4.78, 5) is 21.9. The lowest BCUT2D eigenvalue weighted by Crippen LogP contribution is -2.10. The van der Waals surface area contributed by atoms with E-state index in [1.165, 1.54) is 13.2 Å². The predicted octanol–water partition coefficient (Wildman–Crippen LogP) is 1.97. The van der Waals surface area contributed by atoms with Crippen molar-refractivity contribution in [2.24, 2.45) is 0 Å². The fourth-order valence-electron chi connectivity index (χ4n) is 1.32. The second-order valence-electron chi connectivity index (χ2n) is 3.12. The minimum atomic E-state index is -0.545. The van der Waals surface area contributed by atoms with Gasteiger partial charge in [-0.1, -0.05) is 0 Å². The fourth-order valence-corrected chi connectivity index (χ4v) is 1.32. The molecule has 0 aliphatic rings. The maximum atomic E-state index is 11.0. The third-order valence-corrected chi connectivity index (χ3v) is 2.05. The van der Waals surface area contributed by atoms with Gasteiger partial charge < -0.3 is 9.15 Å². The third kappa shape index (κ3) is 2.03. The molecule has 2 rings (SSSR count). The molecular formula is C11H9NO4. The number of nitrogens with one attached hydrogen (secondary N) is 1. The van der Waals surface area contributed by atoms with E-state index < -0.39 is 11.7 Å². The predicted molar refractivity (Wildman–Crippen MR) is 58.5 cm³/mol. The van der Waals surface area contributed by atoms with E-state index in [0.29, 0.717) is 11.3 Å². The largest absolute Gasteiger partial charge is 0.453 e. The highest BCUT2D eigenvalue weighted by atomic mass is 16.5. The first-order chi connectivity index (χ1) is 7.69. The summed E-state index contributed by atoms with van der Waals surface area (Å²) in [5.41, 5.74) is 0.650. The molecule has 5 heteroatoms. The van der Waals surface area contributed by atoms with Crippen molar-refractivity contribution in [3.63, 3.8) is 0 Å². The molecule has 0 fully saturated rings. The topological polar surface area (TPSA) is 68.5 Å². The summed E-state index contributed by atoms with van der Waals surface area (Å²) in [7, 11) is 1.29. The zero-order chi connectivity index (χ0) is 11.5. The minimum absolute atomic E-state index is 0.402. The maximum Gasteiger partial charge on any atom is 0.411 e. The summed E-state index contributed by atoms with van der Waals surface area (Å²) >= 11 is 0. The number of benzene rings is 1. The number of hydrogen-bond acceptors (Lipinski definition) is 4. The lowest BCUT2D eigenvalue weighted by Gasteiger charge is -2.03. The molecular weight excluding hydrogens is 210 g/mol. The lowest BCUT2D eigenvalue weighted by molar-refractivity contribution is 0.187. The van der Waals surface area contributed by atoms with Gasteiger partial charge in [-0.25, -0.2) is 9.59 Å². The van der Waals surface area contributed by atoms with Crippen molar-refractivity contribution >= 4 is 22.7 Å². The molecule has 1 amide bonds. The number of amides is 1.